The maximum absolute atomic E-state index is 9.31. The van der Waals surface area contributed by atoms with E-state index in [1.165, 1.54) is 0 Å². The third-order valence-corrected chi connectivity index (χ3v) is 4.81. The van der Waals surface area contributed by atoms with E-state index in [-0.39, 0.29) is 6.61 Å². The van der Waals surface area contributed by atoms with Crippen LogP contribution < -0.4 is 10.6 Å². The minimum atomic E-state index is 0.250. The zero-order chi connectivity index (χ0) is 17.4. The van der Waals surface area contributed by atoms with Crippen LogP contribution in [0.25, 0.3) is 22.0 Å². The van der Waals surface area contributed by atoms with Crippen LogP contribution >= 0.6 is 0 Å². The molecule has 0 aromatic carbocycles. The zero-order valence-corrected chi connectivity index (χ0v) is 14.1. The highest BCUT2D eigenvalue weighted by Gasteiger charge is 2.21. The summed E-state index contributed by atoms with van der Waals surface area (Å²) in [7, 11) is 1.88. The van der Waals surface area contributed by atoms with Gasteiger partial charge in [-0.1, -0.05) is 0 Å². The molecule has 0 aliphatic carbocycles. The molecule has 1 aliphatic rings. The molecule has 1 fully saturated rings. The first kappa shape index (κ1) is 15.8. The SMILES string of the molecule is Cn1cc(-c2cnc(N)c3cnc(N4CCC(CO)CC4)nc23)cn1. The number of hydrogen-bond acceptors (Lipinski definition) is 7. The van der Waals surface area contributed by atoms with Gasteiger partial charge in [-0.3, -0.25) is 4.68 Å². The van der Waals surface area contributed by atoms with Gasteiger partial charge in [-0.15, -0.1) is 0 Å². The Bertz CT molecular complexity index is 899. The number of aliphatic hydroxyl groups is 1. The molecule has 1 aliphatic heterocycles. The number of aromatic nitrogens is 5. The van der Waals surface area contributed by atoms with Crippen molar-refractivity contribution < 1.29 is 5.11 Å². The highest BCUT2D eigenvalue weighted by Crippen LogP contribution is 2.30. The van der Waals surface area contributed by atoms with Crippen LogP contribution in [0.2, 0.25) is 0 Å². The molecule has 0 atom stereocenters. The molecule has 3 aromatic rings. The summed E-state index contributed by atoms with van der Waals surface area (Å²) in [6.07, 6.45) is 9.11. The topological polar surface area (TPSA) is 106 Å². The van der Waals surface area contributed by atoms with Crippen LogP contribution in [-0.4, -0.2) is 49.5 Å². The fraction of sp³-hybridized carbons (Fsp3) is 0.412. The molecule has 8 heteroatoms. The van der Waals surface area contributed by atoms with E-state index >= 15 is 0 Å². The molecular weight excluding hydrogens is 318 g/mol. The van der Waals surface area contributed by atoms with Gasteiger partial charge in [0, 0.05) is 56.5 Å². The van der Waals surface area contributed by atoms with Crippen LogP contribution in [0.4, 0.5) is 11.8 Å². The number of aryl methyl sites for hydroxylation is 1. The van der Waals surface area contributed by atoms with Gasteiger partial charge < -0.3 is 15.7 Å². The van der Waals surface area contributed by atoms with Crippen LogP contribution in [0.3, 0.4) is 0 Å². The van der Waals surface area contributed by atoms with Gasteiger partial charge in [0.25, 0.3) is 0 Å². The summed E-state index contributed by atoms with van der Waals surface area (Å²) in [6, 6.07) is 0. The molecule has 25 heavy (non-hydrogen) atoms. The Morgan fingerprint density at radius 2 is 2.00 bits per heavy atom. The molecule has 0 saturated carbocycles. The molecule has 8 nitrogen and oxygen atoms in total. The molecule has 0 spiro atoms. The third-order valence-electron chi connectivity index (χ3n) is 4.81. The fourth-order valence-electron chi connectivity index (χ4n) is 3.27. The number of pyridine rings is 1. The van der Waals surface area contributed by atoms with Crippen LogP contribution in [0, 0.1) is 5.92 Å². The van der Waals surface area contributed by atoms with Gasteiger partial charge in [-0.05, 0) is 18.8 Å². The lowest BCUT2D eigenvalue weighted by atomic mass is 9.98. The lowest BCUT2D eigenvalue weighted by Gasteiger charge is -2.31. The van der Waals surface area contributed by atoms with E-state index in [9.17, 15) is 5.11 Å². The Labute approximate surface area is 145 Å². The summed E-state index contributed by atoms with van der Waals surface area (Å²) in [6.45, 7) is 1.94. The Morgan fingerprint density at radius 3 is 2.68 bits per heavy atom. The highest BCUT2D eigenvalue weighted by molar-refractivity contribution is 5.98. The Hall–Kier alpha value is -2.74. The number of anilines is 2. The number of rotatable bonds is 3. The van der Waals surface area contributed by atoms with Crippen molar-refractivity contribution in [1.82, 2.24) is 24.7 Å². The highest BCUT2D eigenvalue weighted by atomic mass is 16.3. The van der Waals surface area contributed by atoms with Crippen molar-refractivity contribution in [2.45, 2.75) is 12.8 Å². The molecule has 0 radical (unpaired) electrons. The number of hydrogen-bond donors (Lipinski definition) is 2. The number of nitrogen functional groups attached to an aromatic ring is 1. The number of nitrogens with zero attached hydrogens (tertiary/aromatic N) is 6. The molecule has 4 rings (SSSR count). The second-order valence-corrected chi connectivity index (χ2v) is 6.51. The average molecular weight is 339 g/mol. The number of nitrogens with two attached hydrogens (primary N) is 1. The predicted molar refractivity (Wildman–Crippen MR) is 96.0 cm³/mol. The van der Waals surface area contributed by atoms with Crippen LogP contribution in [0.1, 0.15) is 12.8 Å². The monoisotopic (exact) mass is 339 g/mol. The third kappa shape index (κ3) is 2.89. The predicted octanol–water partition coefficient (Wildman–Crippen LogP) is 1.22. The zero-order valence-electron chi connectivity index (χ0n) is 14.1. The summed E-state index contributed by atoms with van der Waals surface area (Å²) < 4.78 is 1.75. The standard InChI is InChI=1S/C17H21N7O/c1-23-9-12(6-21-23)13-7-19-16(18)14-8-20-17(22-15(13)14)24-4-2-11(10-25)3-5-24/h6-9,11,25H,2-5,10H2,1H3,(H2,18,19). The minimum Gasteiger partial charge on any atom is -0.396 e. The van der Waals surface area contributed by atoms with E-state index < -0.39 is 0 Å². The van der Waals surface area contributed by atoms with Crippen molar-refractivity contribution in [3.63, 3.8) is 0 Å². The average Bonchev–Trinajstić information content (AvgIpc) is 3.08. The van der Waals surface area contributed by atoms with Crippen molar-refractivity contribution >= 4 is 22.7 Å². The van der Waals surface area contributed by atoms with Crippen LogP contribution in [0.15, 0.2) is 24.8 Å². The second-order valence-electron chi connectivity index (χ2n) is 6.51. The van der Waals surface area contributed by atoms with Crippen molar-refractivity contribution in [3.8, 4) is 11.1 Å². The largest absolute Gasteiger partial charge is 0.396 e. The fourth-order valence-corrected chi connectivity index (χ4v) is 3.27. The first-order chi connectivity index (χ1) is 12.2. The Kier molecular flexibility index (Phi) is 3.96. The summed E-state index contributed by atoms with van der Waals surface area (Å²) in [5.74, 6) is 1.50. The minimum absolute atomic E-state index is 0.250. The molecule has 3 aromatic heterocycles. The molecule has 3 N–H and O–H groups in total. The summed E-state index contributed by atoms with van der Waals surface area (Å²) in [5, 5.41) is 14.3. The smallest absolute Gasteiger partial charge is 0.225 e. The van der Waals surface area contributed by atoms with Gasteiger partial charge in [0.15, 0.2) is 0 Å². The number of piperidine rings is 1. The summed E-state index contributed by atoms with van der Waals surface area (Å²) in [5.41, 5.74) is 8.65. The van der Waals surface area contributed by atoms with Crippen LogP contribution in [-0.2, 0) is 7.05 Å². The number of aliphatic hydroxyl groups excluding tert-OH is 1. The van der Waals surface area contributed by atoms with Gasteiger partial charge in [-0.25, -0.2) is 15.0 Å². The van der Waals surface area contributed by atoms with E-state index in [1.54, 1.807) is 23.3 Å². The van der Waals surface area contributed by atoms with E-state index in [2.05, 4.69) is 20.0 Å². The molecule has 130 valence electrons. The lowest BCUT2D eigenvalue weighted by Crippen LogP contribution is -2.35. The molecular formula is C17H21N7O. The van der Waals surface area contributed by atoms with E-state index in [0.29, 0.717) is 17.7 Å². The molecule has 0 unspecified atom stereocenters. The van der Waals surface area contributed by atoms with E-state index in [4.69, 9.17) is 10.7 Å². The van der Waals surface area contributed by atoms with E-state index in [1.807, 2.05) is 13.2 Å². The molecule has 0 bridgehead atoms. The summed E-state index contributed by atoms with van der Waals surface area (Å²) >= 11 is 0. The lowest BCUT2D eigenvalue weighted by molar-refractivity contribution is 0.202. The van der Waals surface area contributed by atoms with Crippen LogP contribution in [0.5, 0.6) is 0 Å². The van der Waals surface area contributed by atoms with Gasteiger partial charge in [0.05, 0.1) is 17.1 Å². The first-order valence-electron chi connectivity index (χ1n) is 8.41. The van der Waals surface area contributed by atoms with Crippen molar-refractivity contribution in [2.75, 3.05) is 30.3 Å². The van der Waals surface area contributed by atoms with Gasteiger partial charge >= 0.3 is 0 Å². The normalized spacial score (nSPS) is 15.8. The van der Waals surface area contributed by atoms with Crippen molar-refractivity contribution in [1.29, 1.82) is 0 Å². The summed E-state index contributed by atoms with van der Waals surface area (Å²) in [4.78, 5) is 15.7. The molecule has 1 saturated heterocycles. The quantitative estimate of drug-likeness (QED) is 0.739. The maximum Gasteiger partial charge on any atom is 0.225 e. The van der Waals surface area contributed by atoms with Crippen molar-refractivity contribution in [3.05, 3.63) is 24.8 Å². The van der Waals surface area contributed by atoms with Crippen molar-refractivity contribution in [2.24, 2.45) is 13.0 Å². The Morgan fingerprint density at radius 1 is 1.20 bits per heavy atom. The molecule has 0 amide bonds. The van der Waals surface area contributed by atoms with Gasteiger partial charge in [0.1, 0.15) is 5.82 Å². The second kappa shape index (κ2) is 6.29. The maximum atomic E-state index is 9.31. The van der Waals surface area contributed by atoms with E-state index in [0.717, 1.165) is 48.0 Å². The first-order valence-corrected chi connectivity index (χ1v) is 8.41. The Balaban J connectivity index is 1.76. The van der Waals surface area contributed by atoms with Gasteiger partial charge in [-0.2, -0.15) is 5.10 Å². The van der Waals surface area contributed by atoms with Gasteiger partial charge in [0.2, 0.25) is 5.95 Å². The molecule has 4 heterocycles. The number of fused-ring (bicyclic) bond motifs is 1.